The maximum absolute atomic E-state index is 11.6. The van der Waals surface area contributed by atoms with Crippen LogP contribution in [0.5, 0.6) is 0 Å². The van der Waals surface area contributed by atoms with Crippen LogP contribution in [0.1, 0.15) is 24.5 Å². The number of carbonyl (C=O) groups excluding carboxylic acids is 2. The van der Waals surface area contributed by atoms with Gasteiger partial charge in [0.25, 0.3) is 0 Å². The number of esters is 1. The minimum absolute atomic E-state index is 0.113. The molecule has 0 bridgehead atoms. The van der Waals surface area contributed by atoms with Gasteiger partial charge in [-0.25, -0.2) is 0 Å². The second-order valence-corrected chi connectivity index (χ2v) is 4.93. The van der Waals surface area contributed by atoms with Crippen molar-refractivity contribution in [3.05, 3.63) is 29.3 Å². The number of carbonyl (C=O) groups is 2. The topological polar surface area (TPSA) is 46.6 Å². The molecule has 1 aliphatic rings. The Morgan fingerprint density at radius 3 is 2.84 bits per heavy atom. The van der Waals surface area contributed by atoms with Crippen LogP contribution >= 0.6 is 0 Å². The normalized spacial score (nSPS) is 15.3. The van der Waals surface area contributed by atoms with E-state index in [0.717, 1.165) is 23.2 Å². The summed E-state index contributed by atoms with van der Waals surface area (Å²) in [7, 11) is 3.21. The van der Waals surface area contributed by atoms with Gasteiger partial charge in [0.2, 0.25) is 5.91 Å². The molecule has 1 heterocycles. The number of likely N-dealkylation sites (N-methyl/N-ethyl adjacent to an activating group) is 1. The molecule has 0 saturated heterocycles. The van der Waals surface area contributed by atoms with Gasteiger partial charge in [-0.3, -0.25) is 9.59 Å². The van der Waals surface area contributed by atoms with Gasteiger partial charge in [-0.2, -0.15) is 0 Å². The molecule has 1 amide bonds. The first-order chi connectivity index (χ1) is 9.06. The van der Waals surface area contributed by atoms with Crippen LogP contribution in [0.3, 0.4) is 0 Å². The number of hydrogen-bond acceptors (Lipinski definition) is 3. The van der Waals surface area contributed by atoms with Crippen molar-refractivity contribution >= 4 is 17.6 Å². The van der Waals surface area contributed by atoms with Crippen LogP contribution in [0, 0.1) is 5.92 Å². The van der Waals surface area contributed by atoms with Crippen LogP contribution < -0.4 is 4.90 Å². The highest BCUT2D eigenvalue weighted by Crippen LogP contribution is 2.29. The summed E-state index contributed by atoms with van der Waals surface area (Å²) < 4.78 is 4.80. The van der Waals surface area contributed by atoms with Gasteiger partial charge < -0.3 is 9.64 Å². The lowest BCUT2D eigenvalue weighted by atomic mass is 9.95. The Balaban J connectivity index is 2.18. The molecule has 2 rings (SSSR count). The molecule has 1 aromatic rings. The Morgan fingerprint density at radius 2 is 2.21 bits per heavy atom. The van der Waals surface area contributed by atoms with Crippen molar-refractivity contribution in [2.24, 2.45) is 5.92 Å². The molecule has 19 heavy (non-hydrogen) atoms. The standard InChI is InChI=1S/C15H19NO3/c1-4-11(15(18)19-3)7-10-5-6-13-12(8-10)9-14(17)16(13)2/h5-6,8,11H,4,7,9H2,1-3H3. The number of rotatable bonds is 4. The minimum Gasteiger partial charge on any atom is -0.469 e. The Hall–Kier alpha value is -1.84. The van der Waals surface area contributed by atoms with Gasteiger partial charge in [-0.05, 0) is 30.0 Å². The lowest BCUT2D eigenvalue weighted by molar-refractivity contribution is -0.145. The SMILES string of the molecule is CCC(Cc1ccc2c(c1)CC(=O)N2C)C(=O)OC. The molecule has 4 nitrogen and oxygen atoms in total. The van der Waals surface area contributed by atoms with Gasteiger partial charge in [0, 0.05) is 12.7 Å². The van der Waals surface area contributed by atoms with E-state index in [4.69, 9.17) is 4.74 Å². The quantitative estimate of drug-likeness (QED) is 0.778. The number of methoxy groups -OCH3 is 1. The van der Waals surface area contributed by atoms with E-state index in [-0.39, 0.29) is 17.8 Å². The highest BCUT2D eigenvalue weighted by Gasteiger charge is 2.25. The van der Waals surface area contributed by atoms with Crippen LogP contribution in [-0.4, -0.2) is 26.0 Å². The first kappa shape index (κ1) is 13.6. The van der Waals surface area contributed by atoms with E-state index in [1.54, 1.807) is 11.9 Å². The fourth-order valence-electron chi connectivity index (χ4n) is 2.50. The van der Waals surface area contributed by atoms with Crippen molar-refractivity contribution in [3.63, 3.8) is 0 Å². The zero-order valence-electron chi connectivity index (χ0n) is 11.6. The molecule has 1 aliphatic heterocycles. The van der Waals surface area contributed by atoms with E-state index >= 15 is 0 Å². The van der Waals surface area contributed by atoms with Gasteiger partial charge in [-0.1, -0.05) is 19.1 Å². The Kier molecular flexibility index (Phi) is 3.88. The van der Waals surface area contributed by atoms with E-state index in [2.05, 4.69) is 0 Å². The van der Waals surface area contributed by atoms with E-state index in [0.29, 0.717) is 12.8 Å². The number of amides is 1. The van der Waals surface area contributed by atoms with Crippen molar-refractivity contribution in [1.29, 1.82) is 0 Å². The molecule has 1 unspecified atom stereocenters. The van der Waals surface area contributed by atoms with Crippen LogP contribution in [0.2, 0.25) is 0 Å². The van der Waals surface area contributed by atoms with Crippen molar-refractivity contribution < 1.29 is 14.3 Å². The number of hydrogen-bond donors (Lipinski definition) is 0. The van der Waals surface area contributed by atoms with Crippen LogP contribution in [0.25, 0.3) is 0 Å². The fourth-order valence-corrected chi connectivity index (χ4v) is 2.50. The van der Waals surface area contributed by atoms with E-state index in [1.807, 2.05) is 25.1 Å². The number of anilines is 1. The second-order valence-electron chi connectivity index (χ2n) is 4.93. The van der Waals surface area contributed by atoms with E-state index in [9.17, 15) is 9.59 Å². The summed E-state index contributed by atoms with van der Waals surface area (Å²) >= 11 is 0. The predicted molar refractivity (Wildman–Crippen MR) is 73.1 cm³/mol. The predicted octanol–water partition coefficient (Wildman–Crippen LogP) is 1.95. The van der Waals surface area contributed by atoms with Crippen molar-refractivity contribution in [2.75, 3.05) is 19.1 Å². The van der Waals surface area contributed by atoms with Crippen LogP contribution in [-0.2, 0) is 27.2 Å². The molecule has 0 fully saturated rings. The molecule has 0 radical (unpaired) electrons. The summed E-state index contributed by atoms with van der Waals surface area (Å²) in [6, 6.07) is 5.97. The van der Waals surface area contributed by atoms with Gasteiger partial charge in [0.05, 0.1) is 19.4 Å². The Morgan fingerprint density at radius 1 is 1.47 bits per heavy atom. The average Bonchev–Trinajstić information content (AvgIpc) is 2.70. The van der Waals surface area contributed by atoms with Crippen molar-refractivity contribution in [2.45, 2.75) is 26.2 Å². The van der Waals surface area contributed by atoms with Crippen LogP contribution in [0.15, 0.2) is 18.2 Å². The highest BCUT2D eigenvalue weighted by molar-refractivity contribution is 6.00. The molecule has 0 aromatic heterocycles. The van der Waals surface area contributed by atoms with Crippen molar-refractivity contribution in [1.82, 2.24) is 0 Å². The summed E-state index contributed by atoms with van der Waals surface area (Å²) in [5, 5.41) is 0. The lowest BCUT2D eigenvalue weighted by Crippen LogP contribution is -2.20. The smallest absolute Gasteiger partial charge is 0.308 e. The third kappa shape index (κ3) is 2.62. The van der Waals surface area contributed by atoms with Gasteiger partial charge in [0.1, 0.15) is 0 Å². The number of fused-ring (bicyclic) bond motifs is 1. The fraction of sp³-hybridized carbons (Fsp3) is 0.467. The second kappa shape index (κ2) is 5.43. The minimum atomic E-state index is -0.170. The molecule has 0 spiro atoms. The summed E-state index contributed by atoms with van der Waals surface area (Å²) in [5.41, 5.74) is 3.10. The molecule has 0 aliphatic carbocycles. The third-order valence-electron chi connectivity index (χ3n) is 3.73. The average molecular weight is 261 g/mol. The first-order valence-corrected chi connectivity index (χ1v) is 6.53. The molecular formula is C15H19NO3. The summed E-state index contributed by atoms with van der Waals surface area (Å²) in [4.78, 5) is 24.9. The van der Waals surface area contributed by atoms with E-state index < -0.39 is 0 Å². The zero-order valence-corrected chi connectivity index (χ0v) is 11.6. The number of nitrogens with zero attached hydrogens (tertiary/aromatic N) is 1. The molecule has 102 valence electrons. The van der Waals surface area contributed by atoms with E-state index in [1.165, 1.54) is 7.11 Å². The molecule has 0 saturated carbocycles. The lowest BCUT2D eigenvalue weighted by Gasteiger charge is -2.14. The molecule has 1 aromatic carbocycles. The van der Waals surface area contributed by atoms with Crippen molar-refractivity contribution in [3.8, 4) is 0 Å². The first-order valence-electron chi connectivity index (χ1n) is 6.53. The van der Waals surface area contributed by atoms with Gasteiger partial charge in [-0.15, -0.1) is 0 Å². The summed E-state index contributed by atoms with van der Waals surface area (Å²) in [5.74, 6) is -0.166. The molecule has 1 atom stereocenters. The number of ether oxygens (including phenoxy) is 1. The zero-order chi connectivity index (χ0) is 14.0. The van der Waals surface area contributed by atoms with Crippen LogP contribution in [0.4, 0.5) is 5.69 Å². The van der Waals surface area contributed by atoms with Gasteiger partial charge >= 0.3 is 5.97 Å². The van der Waals surface area contributed by atoms with Gasteiger partial charge in [0.15, 0.2) is 0 Å². The number of benzene rings is 1. The summed E-state index contributed by atoms with van der Waals surface area (Å²) in [6.07, 6.45) is 1.87. The third-order valence-corrected chi connectivity index (χ3v) is 3.73. The largest absolute Gasteiger partial charge is 0.469 e. The summed E-state index contributed by atoms with van der Waals surface area (Å²) in [6.45, 7) is 1.98. The highest BCUT2D eigenvalue weighted by atomic mass is 16.5. The maximum Gasteiger partial charge on any atom is 0.308 e. The monoisotopic (exact) mass is 261 g/mol. The molecular weight excluding hydrogens is 242 g/mol. The molecule has 0 N–H and O–H groups in total. The Bertz CT molecular complexity index is 510. The molecule has 4 heteroatoms. The maximum atomic E-state index is 11.6. The Labute approximate surface area is 113 Å².